The average molecular weight is 384 g/mol. The fourth-order valence-electron chi connectivity index (χ4n) is 3.71. The van der Waals surface area contributed by atoms with E-state index in [4.69, 9.17) is 0 Å². The van der Waals surface area contributed by atoms with E-state index in [1.54, 1.807) is 30.5 Å². The number of carbonyl (C=O) groups is 3. The minimum absolute atomic E-state index is 0.347. The first kappa shape index (κ1) is 18.7. The van der Waals surface area contributed by atoms with E-state index in [9.17, 15) is 14.4 Å². The number of ketones is 2. The number of Topliss-reactive ketones (excluding diaryl/α,β-unsaturated/α-hetero) is 2. The summed E-state index contributed by atoms with van der Waals surface area (Å²) in [5.41, 5.74) is 3.73. The lowest BCUT2D eigenvalue weighted by atomic mass is 9.86. The van der Waals surface area contributed by atoms with E-state index in [-0.39, 0.29) is 5.78 Å². The molecule has 0 aliphatic carbocycles. The van der Waals surface area contributed by atoms with Crippen LogP contribution in [0, 0.1) is 19.8 Å². The molecule has 1 aliphatic heterocycles. The maximum absolute atomic E-state index is 13.3. The van der Waals surface area contributed by atoms with Crippen molar-refractivity contribution in [3.05, 3.63) is 95.3 Å². The zero-order valence-electron chi connectivity index (χ0n) is 16.2. The van der Waals surface area contributed by atoms with Gasteiger partial charge in [0.15, 0.2) is 5.78 Å². The normalized spacial score (nSPS) is 18.9. The van der Waals surface area contributed by atoms with Crippen LogP contribution in [0.25, 0.3) is 0 Å². The van der Waals surface area contributed by atoms with Crippen molar-refractivity contribution >= 4 is 23.2 Å². The van der Waals surface area contributed by atoms with Crippen molar-refractivity contribution in [1.82, 2.24) is 4.98 Å². The Morgan fingerprint density at radius 3 is 2.10 bits per heavy atom. The van der Waals surface area contributed by atoms with Gasteiger partial charge in [0.05, 0.1) is 17.9 Å². The smallest absolute Gasteiger partial charge is 0.295 e. The maximum atomic E-state index is 13.3. The van der Waals surface area contributed by atoms with Crippen LogP contribution in [0.4, 0.5) is 5.69 Å². The SMILES string of the molecule is Cc1ccc(C(=O)C2C(=O)C(=O)N(c3cccnc3)C2c2ccc(C)cc2)cc1. The molecule has 1 saturated heterocycles. The van der Waals surface area contributed by atoms with Crippen molar-refractivity contribution in [3.8, 4) is 0 Å². The second-order valence-corrected chi connectivity index (χ2v) is 7.31. The standard InChI is InChI=1S/C24H20N2O3/c1-15-5-9-17(10-6-15)21-20(22(27)18-11-7-16(2)8-12-18)23(28)24(29)26(21)19-4-3-13-25-14-19/h3-14,20-21H,1-2H3. The van der Waals surface area contributed by atoms with E-state index in [0.29, 0.717) is 11.3 Å². The number of hydrogen-bond acceptors (Lipinski definition) is 4. The highest BCUT2D eigenvalue weighted by Gasteiger charge is 2.52. The molecule has 0 N–H and O–H groups in total. The van der Waals surface area contributed by atoms with E-state index in [1.807, 2.05) is 50.2 Å². The summed E-state index contributed by atoms with van der Waals surface area (Å²) in [6.45, 7) is 3.89. The summed E-state index contributed by atoms with van der Waals surface area (Å²) in [5, 5.41) is 0. The van der Waals surface area contributed by atoms with Crippen molar-refractivity contribution in [2.45, 2.75) is 19.9 Å². The maximum Gasteiger partial charge on any atom is 0.295 e. The van der Waals surface area contributed by atoms with Crippen LogP contribution < -0.4 is 4.90 Å². The highest BCUT2D eigenvalue weighted by atomic mass is 16.2. The summed E-state index contributed by atoms with van der Waals surface area (Å²) in [6.07, 6.45) is 3.13. The van der Waals surface area contributed by atoms with E-state index in [2.05, 4.69) is 4.98 Å². The first-order valence-electron chi connectivity index (χ1n) is 9.42. The lowest BCUT2D eigenvalue weighted by Gasteiger charge is -2.27. The fourth-order valence-corrected chi connectivity index (χ4v) is 3.71. The minimum atomic E-state index is -1.10. The Balaban J connectivity index is 1.84. The van der Waals surface area contributed by atoms with Gasteiger partial charge in [0.25, 0.3) is 5.91 Å². The monoisotopic (exact) mass is 384 g/mol. The quantitative estimate of drug-likeness (QED) is 0.389. The number of hydrogen-bond donors (Lipinski definition) is 0. The van der Waals surface area contributed by atoms with Crippen molar-refractivity contribution in [1.29, 1.82) is 0 Å². The summed E-state index contributed by atoms with van der Waals surface area (Å²) >= 11 is 0. The number of anilines is 1. The van der Waals surface area contributed by atoms with Crippen LogP contribution in [0.2, 0.25) is 0 Å². The molecule has 144 valence electrons. The molecule has 29 heavy (non-hydrogen) atoms. The molecule has 1 aromatic heterocycles. The first-order chi connectivity index (χ1) is 14.0. The summed E-state index contributed by atoms with van der Waals surface area (Å²) in [7, 11) is 0. The van der Waals surface area contributed by atoms with Crippen LogP contribution in [0.3, 0.4) is 0 Å². The zero-order chi connectivity index (χ0) is 20.5. The van der Waals surface area contributed by atoms with E-state index in [1.165, 1.54) is 11.1 Å². The Kier molecular flexibility index (Phi) is 4.80. The van der Waals surface area contributed by atoms with E-state index in [0.717, 1.165) is 16.7 Å². The summed E-state index contributed by atoms with van der Waals surface area (Å²) in [4.78, 5) is 44.7. The van der Waals surface area contributed by atoms with Crippen molar-refractivity contribution < 1.29 is 14.4 Å². The number of rotatable bonds is 4. The molecular formula is C24H20N2O3. The van der Waals surface area contributed by atoms with Gasteiger partial charge in [0, 0.05) is 11.8 Å². The van der Waals surface area contributed by atoms with Gasteiger partial charge in [0.1, 0.15) is 5.92 Å². The van der Waals surface area contributed by atoms with Crippen LogP contribution in [-0.4, -0.2) is 22.5 Å². The van der Waals surface area contributed by atoms with Crippen molar-refractivity contribution in [3.63, 3.8) is 0 Å². The van der Waals surface area contributed by atoms with Crippen LogP contribution in [0.15, 0.2) is 73.1 Å². The summed E-state index contributed by atoms with van der Waals surface area (Å²) in [6, 6.07) is 17.3. The largest absolute Gasteiger partial charge is 0.296 e. The van der Waals surface area contributed by atoms with Crippen LogP contribution in [0.5, 0.6) is 0 Å². The third kappa shape index (κ3) is 3.36. The number of carbonyl (C=O) groups excluding carboxylic acids is 3. The highest BCUT2D eigenvalue weighted by molar-refractivity contribution is 6.49. The van der Waals surface area contributed by atoms with Gasteiger partial charge in [-0.1, -0.05) is 59.7 Å². The van der Waals surface area contributed by atoms with Gasteiger partial charge >= 0.3 is 0 Å². The van der Waals surface area contributed by atoms with Crippen molar-refractivity contribution in [2.24, 2.45) is 5.92 Å². The molecule has 0 spiro atoms. The Morgan fingerprint density at radius 1 is 0.897 bits per heavy atom. The third-order valence-corrected chi connectivity index (χ3v) is 5.27. The minimum Gasteiger partial charge on any atom is -0.296 e. The molecule has 1 fully saturated rings. The van der Waals surface area contributed by atoms with E-state index < -0.39 is 23.7 Å². The van der Waals surface area contributed by atoms with Gasteiger partial charge < -0.3 is 0 Å². The van der Waals surface area contributed by atoms with Crippen molar-refractivity contribution in [2.75, 3.05) is 4.90 Å². The first-order valence-corrected chi connectivity index (χ1v) is 9.42. The molecule has 5 heteroatoms. The second kappa shape index (κ2) is 7.43. The lowest BCUT2D eigenvalue weighted by molar-refractivity contribution is -0.135. The molecule has 0 saturated carbocycles. The Morgan fingerprint density at radius 2 is 1.52 bits per heavy atom. The van der Waals surface area contributed by atoms with Gasteiger partial charge in [-0.3, -0.25) is 24.3 Å². The van der Waals surface area contributed by atoms with Gasteiger partial charge in [-0.15, -0.1) is 0 Å². The van der Waals surface area contributed by atoms with Crippen LogP contribution in [0.1, 0.15) is 33.1 Å². The fraction of sp³-hybridized carbons (Fsp3) is 0.167. The number of amides is 1. The second-order valence-electron chi connectivity index (χ2n) is 7.31. The summed E-state index contributed by atoms with van der Waals surface area (Å²) < 4.78 is 0. The molecule has 0 bridgehead atoms. The molecule has 4 rings (SSSR count). The summed E-state index contributed by atoms with van der Waals surface area (Å²) in [5.74, 6) is -2.83. The topological polar surface area (TPSA) is 67.3 Å². The molecule has 2 unspecified atom stereocenters. The number of aryl methyl sites for hydroxylation is 2. The molecule has 2 atom stereocenters. The van der Waals surface area contributed by atoms with Crippen LogP contribution >= 0.6 is 0 Å². The predicted molar refractivity (Wildman–Crippen MR) is 110 cm³/mol. The Bertz CT molecular complexity index is 1070. The molecule has 5 nitrogen and oxygen atoms in total. The number of aromatic nitrogens is 1. The molecule has 1 aliphatic rings. The third-order valence-electron chi connectivity index (χ3n) is 5.27. The zero-order valence-corrected chi connectivity index (χ0v) is 16.2. The average Bonchev–Trinajstić information content (AvgIpc) is 3.00. The number of pyridine rings is 1. The lowest BCUT2D eigenvalue weighted by Crippen LogP contribution is -2.30. The van der Waals surface area contributed by atoms with Gasteiger partial charge in [-0.2, -0.15) is 0 Å². The van der Waals surface area contributed by atoms with Gasteiger partial charge in [-0.25, -0.2) is 0 Å². The number of nitrogens with zero attached hydrogens (tertiary/aromatic N) is 2. The van der Waals surface area contributed by atoms with Gasteiger partial charge in [-0.05, 0) is 31.5 Å². The van der Waals surface area contributed by atoms with E-state index >= 15 is 0 Å². The number of benzene rings is 2. The molecule has 2 aromatic carbocycles. The predicted octanol–water partition coefficient (Wildman–Crippen LogP) is 3.85. The molecule has 1 amide bonds. The molecule has 3 aromatic rings. The molecule has 2 heterocycles. The molecule has 0 radical (unpaired) electrons. The highest BCUT2D eigenvalue weighted by Crippen LogP contribution is 2.41. The van der Waals surface area contributed by atoms with Gasteiger partial charge in [0.2, 0.25) is 5.78 Å². The molecular weight excluding hydrogens is 364 g/mol. The van der Waals surface area contributed by atoms with Crippen LogP contribution in [-0.2, 0) is 9.59 Å². The Hall–Kier alpha value is -3.60. The Labute approximate surface area is 169 Å².